The van der Waals surface area contributed by atoms with E-state index in [2.05, 4.69) is 13.8 Å². The normalized spacial score (nSPS) is 12.0. The highest BCUT2D eigenvalue weighted by atomic mass is 33.2. The predicted molar refractivity (Wildman–Crippen MR) is 164 cm³/mol. The van der Waals surface area contributed by atoms with Crippen LogP contribution in [0.5, 0.6) is 0 Å². The first-order valence-electron chi connectivity index (χ1n) is 14.7. The maximum absolute atomic E-state index is 10.5. The van der Waals surface area contributed by atoms with E-state index >= 15 is 0 Å². The molecule has 0 heterocycles. The standard InChI is InChI=1S/C28H59OPS3/c1-3-5-7-9-11-13-15-17-19-21-23-25-27-32-30(29,31)33-28-26-24-22-20-18-16-14-12-10-8-6-4-2/h3-28H2,1-2H3,(H,29,31). The van der Waals surface area contributed by atoms with Crippen molar-refractivity contribution >= 4 is 39.2 Å². The topological polar surface area (TPSA) is 20.2 Å². The lowest BCUT2D eigenvalue weighted by atomic mass is 10.1. The number of unbranched alkanes of at least 4 members (excludes halogenated alkanes) is 22. The molecule has 0 aliphatic rings. The van der Waals surface area contributed by atoms with Crippen LogP contribution in [0.15, 0.2) is 0 Å². The Morgan fingerprint density at radius 2 is 0.636 bits per heavy atom. The molecule has 0 aromatic carbocycles. The molecule has 0 amide bonds. The molecule has 0 unspecified atom stereocenters. The summed E-state index contributed by atoms with van der Waals surface area (Å²) in [5.41, 5.74) is 0. The minimum atomic E-state index is -2.19. The SMILES string of the molecule is CCCCCCCCCCCCCCSP(O)(=S)SCCCCCCCCCCCCCC. The average Bonchev–Trinajstić information content (AvgIpc) is 2.80. The van der Waals surface area contributed by atoms with E-state index in [0.29, 0.717) is 0 Å². The Morgan fingerprint density at radius 3 is 0.879 bits per heavy atom. The fourth-order valence-electron chi connectivity index (χ4n) is 4.28. The molecule has 200 valence electrons. The zero-order chi connectivity index (χ0) is 24.3. The highest BCUT2D eigenvalue weighted by molar-refractivity contribution is 8.98. The summed E-state index contributed by atoms with van der Waals surface area (Å²) >= 11 is 8.89. The third-order valence-corrected chi connectivity index (χ3v) is 14.9. The van der Waals surface area contributed by atoms with E-state index in [9.17, 15) is 4.89 Å². The van der Waals surface area contributed by atoms with Crippen molar-refractivity contribution in [1.29, 1.82) is 0 Å². The van der Waals surface area contributed by atoms with Gasteiger partial charge in [-0.15, -0.1) is 0 Å². The van der Waals surface area contributed by atoms with E-state index in [1.165, 1.54) is 154 Å². The van der Waals surface area contributed by atoms with Crippen molar-refractivity contribution in [3.8, 4) is 0 Å². The van der Waals surface area contributed by atoms with Crippen molar-refractivity contribution in [3.05, 3.63) is 0 Å². The molecule has 0 aromatic heterocycles. The van der Waals surface area contributed by atoms with Crippen LogP contribution in [-0.2, 0) is 11.8 Å². The van der Waals surface area contributed by atoms with E-state index in [1.807, 2.05) is 0 Å². The average molecular weight is 539 g/mol. The lowest BCUT2D eigenvalue weighted by Crippen LogP contribution is -1.85. The van der Waals surface area contributed by atoms with Crippen molar-refractivity contribution in [3.63, 3.8) is 0 Å². The van der Waals surface area contributed by atoms with Crippen molar-refractivity contribution in [1.82, 2.24) is 0 Å². The molecule has 0 saturated carbocycles. The zero-order valence-corrected chi connectivity index (χ0v) is 25.8. The first-order chi connectivity index (χ1) is 16.1. The van der Waals surface area contributed by atoms with E-state index in [1.54, 1.807) is 22.8 Å². The Labute approximate surface area is 222 Å². The minimum absolute atomic E-state index is 1.05. The van der Waals surface area contributed by atoms with E-state index < -0.39 is 4.67 Å². The third kappa shape index (κ3) is 29.4. The quantitative estimate of drug-likeness (QED) is 0.0789. The van der Waals surface area contributed by atoms with Crippen molar-refractivity contribution < 1.29 is 4.89 Å². The highest BCUT2D eigenvalue weighted by Gasteiger charge is 2.13. The van der Waals surface area contributed by atoms with Gasteiger partial charge >= 0.3 is 0 Å². The summed E-state index contributed by atoms with van der Waals surface area (Å²) in [6.45, 7) is 4.57. The van der Waals surface area contributed by atoms with Crippen LogP contribution in [-0.4, -0.2) is 16.4 Å². The van der Waals surface area contributed by atoms with Crippen LogP contribution in [0.3, 0.4) is 0 Å². The predicted octanol–water partition coefficient (Wildman–Crippen LogP) is 12.1. The molecule has 0 atom stereocenters. The number of rotatable bonds is 28. The van der Waals surface area contributed by atoms with Gasteiger partial charge < -0.3 is 4.89 Å². The van der Waals surface area contributed by atoms with E-state index in [4.69, 9.17) is 11.8 Å². The summed E-state index contributed by atoms with van der Waals surface area (Å²) in [5, 5.41) is 0. The molecular weight excluding hydrogens is 479 g/mol. The van der Waals surface area contributed by atoms with Gasteiger partial charge in [0, 0.05) is 11.5 Å². The first-order valence-corrected chi connectivity index (χ1v) is 20.7. The van der Waals surface area contributed by atoms with Gasteiger partial charge in [-0.25, -0.2) is 0 Å². The molecule has 0 radical (unpaired) electrons. The van der Waals surface area contributed by atoms with E-state index in [-0.39, 0.29) is 0 Å². The molecule has 33 heavy (non-hydrogen) atoms. The summed E-state index contributed by atoms with van der Waals surface area (Å²) in [4.78, 5) is 10.5. The Hall–Kier alpha value is 1.31. The van der Waals surface area contributed by atoms with Gasteiger partial charge in [-0.05, 0) is 24.6 Å². The molecule has 0 saturated heterocycles. The largest absolute Gasteiger partial charge is 0.350 e. The Bertz CT molecular complexity index is 386. The first kappa shape index (κ1) is 34.3. The highest BCUT2D eigenvalue weighted by Crippen LogP contribution is 2.66. The number of hydrogen-bond acceptors (Lipinski definition) is 3. The monoisotopic (exact) mass is 538 g/mol. The second-order valence-corrected chi connectivity index (χ2v) is 20.6. The van der Waals surface area contributed by atoms with Crippen molar-refractivity contribution in [2.24, 2.45) is 0 Å². The summed E-state index contributed by atoms with van der Waals surface area (Å²) in [6.07, 6.45) is 33.2. The molecule has 1 N–H and O–H groups in total. The van der Waals surface area contributed by atoms with Gasteiger partial charge in [0.2, 0.25) is 0 Å². The van der Waals surface area contributed by atoms with Crippen molar-refractivity contribution in [2.75, 3.05) is 11.5 Å². The van der Waals surface area contributed by atoms with Gasteiger partial charge in [-0.2, -0.15) is 0 Å². The maximum Gasteiger partial charge on any atom is 0.172 e. The van der Waals surface area contributed by atoms with Gasteiger partial charge in [-0.3, -0.25) is 0 Å². The summed E-state index contributed by atoms with van der Waals surface area (Å²) in [7, 11) is 0. The maximum atomic E-state index is 10.5. The van der Waals surface area contributed by atoms with Gasteiger partial charge in [-0.1, -0.05) is 178 Å². The molecule has 0 aromatic rings. The third-order valence-electron chi connectivity index (χ3n) is 6.50. The molecule has 0 aliphatic carbocycles. The van der Waals surface area contributed by atoms with Gasteiger partial charge in [0.05, 0.1) is 0 Å². The molecule has 0 fully saturated rings. The lowest BCUT2D eigenvalue weighted by molar-refractivity contribution is 0.548. The fraction of sp³-hybridized carbons (Fsp3) is 1.00. The molecule has 1 nitrogen and oxygen atoms in total. The summed E-state index contributed by atoms with van der Waals surface area (Å²) < 4.78 is -2.19. The van der Waals surface area contributed by atoms with Crippen LogP contribution in [0.4, 0.5) is 0 Å². The second-order valence-electron chi connectivity index (χ2n) is 9.91. The summed E-state index contributed by atoms with van der Waals surface area (Å²) in [5.74, 6) is 2.10. The van der Waals surface area contributed by atoms with Crippen LogP contribution in [0.25, 0.3) is 0 Å². The Balaban J connectivity index is 3.29. The van der Waals surface area contributed by atoms with Crippen LogP contribution in [0.2, 0.25) is 0 Å². The molecule has 5 heteroatoms. The van der Waals surface area contributed by atoms with E-state index in [0.717, 1.165) is 11.5 Å². The Kier molecular flexibility index (Phi) is 29.0. The van der Waals surface area contributed by atoms with Crippen LogP contribution < -0.4 is 0 Å². The second kappa shape index (κ2) is 27.9. The lowest BCUT2D eigenvalue weighted by Gasteiger charge is -2.13. The van der Waals surface area contributed by atoms with Gasteiger partial charge in [0.25, 0.3) is 0 Å². The molecule has 0 bridgehead atoms. The smallest absolute Gasteiger partial charge is 0.172 e. The molecular formula is C28H59OPS3. The van der Waals surface area contributed by atoms with Gasteiger partial charge in [0.1, 0.15) is 0 Å². The van der Waals surface area contributed by atoms with Crippen molar-refractivity contribution in [2.45, 2.75) is 168 Å². The fourth-order valence-corrected chi connectivity index (χ4v) is 11.2. The molecule has 0 rings (SSSR count). The minimum Gasteiger partial charge on any atom is -0.350 e. The van der Waals surface area contributed by atoms with Crippen LogP contribution >= 0.6 is 27.4 Å². The summed E-state index contributed by atoms with van der Waals surface area (Å²) in [6, 6.07) is 0. The molecule has 0 spiro atoms. The molecule has 0 aliphatic heterocycles. The van der Waals surface area contributed by atoms with Crippen LogP contribution in [0, 0.1) is 0 Å². The van der Waals surface area contributed by atoms with Gasteiger partial charge in [0.15, 0.2) is 4.67 Å². The van der Waals surface area contributed by atoms with Crippen LogP contribution in [0.1, 0.15) is 168 Å². The number of hydrogen-bond donors (Lipinski definition) is 1. The zero-order valence-electron chi connectivity index (χ0n) is 22.5. The Morgan fingerprint density at radius 1 is 0.424 bits per heavy atom.